The second-order valence-electron chi connectivity index (χ2n) is 4.51. The minimum atomic E-state index is -0.712. The number of hydrogen-bond donors (Lipinski definition) is 2. The summed E-state index contributed by atoms with van der Waals surface area (Å²) in [5, 5.41) is 14.8. The third-order valence-electron chi connectivity index (χ3n) is 3.63. The Kier molecular flexibility index (Phi) is 3.30. The summed E-state index contributed by atoms with van der Waals surface area (Å²) in [6.07, 6.45) is 1.89. The molecule has 88 valence electrons. The van der Waals surface area contributed by atoms with Crippen LogP contribution in [0.15, 0.2) is 17.5 Å². The van der Waals surface area contributed by atoms with E-state index in [2.05, 4.69) is 5.32 Å². The molecule has 0 aromatic carbocycles. The summed E-state index contributed by atoms with van der Waals surface area (Å²) in [5.74, 6) is -0.452. The topological polar surface area (TPSA) is 49.3 Å². The van der Waals surface area contributed by atoms with Crippen molar-refractivity contribution >= 4 is 17.3 Å². The van der Waals surface area contributed by atoms with Gasteiger partial charge in [-0.05, 0) is 50.2 Å². The van der Waals surface area contributed by atoms with Gasteiger partial charge in [-0.2, -0.15) is 0 Å². The summed E-state index contributed by atoms with van der Waals surface area (Å²) in [7, 11) is 0. The Balaban J connectivity index is 2.31. The highest BCUT2D eigenvalue weighted by atomic mass is 32.1. The first kappa shape index (κ1) is 11.6. The number of aliphatic carboxylic acids is 1. The number of nitrogens with one attached hydrogen (secondary N) is 1. The molecule has 0 radical (unpaired) electrons. The zero-order valence-corrected chi connectivity index (χ0v) is 10.2. The first-order valence-electron chi connectivity index (χ1n) is 5.64. The van der Waals surface area contributed by atoms with Crippen LogP contribution >= 0.6 is 11.3 Å². The lowest BCUT2D eigenvalue weighted by molar-refractivity contribution is -0.145. The molecule has 2 rings (SSSR count). The Morgan fingerprint density at radius 2 is 2.25 bits per heavy atom. The molecule has 2 heterocycles. The maximum absolute atomic E-state index is 11.6. The van der Waals surface area contributed by atoms with E-state index in [0.29, 0.717) is 0 Å². The zero-order valence-electron chi connectivity index (χ0n) is 9.40. The molecule has 1 aliphatic heterocycles. The highest BCUT2D eigenvalue weighted by Crippen LogP contribution is 2.39. The number of hydrogen-bond acceptors (Lipinski definition) is 3. The van der Waals surface area contributed by atoms with E-state index >= 15 is 0 Å². The van der Waals surface area contributed by atoms with Gasteiger partial charge in [-0.1, -0.05) is 6.07 Å². The molecular formula is C12H17NO2S. The predicted molar refractivity (Wildman–Crippen MR) is 64.9 cm³/mol. The molecule has 0 saturated carbocycles. The fourth-order valence-electron chi connectivity index (χ4n) is 2.45. The Hall–Kier alpha value is -0.870. The van der Waals surface area contributed by atoms with Crippen LogP contribution in [0, 0.1) is 5.92 Å². The van der Waals surface area contributed by atoms with E-state index in [4.69, 9.17) is 0 Å². The smallest absolute Gasteiger partial charge is 0.314 e. The van der Waals surface area contributed by atoms with Crippen molar-refractivity contribution < 1.29 is 9.90 Å². The molecule has 2 N–H and O–H groups in total. The fraction of sp³-hybridized carbons (Fsp3) is 0.583. The molecular weight excluding hydrogens is 222 g/mol. The second-order valence-corrected chi connectivity index (χ2v) is 5.46. The predicted octanol–water partition coefficient (Wildman–Crippen LogP) is 2.09. The van der Waals surface area contributed by atoms with Gasteiger partial charge in [-0.3, -0.25) is 4.79 Å². The number of thiophene rings is 1. The Bertz CT molecular complexity index is 357. The third-order valence-corrected chi connectivity index (χ3v) is 4.74. The monoisotopic (exact) mass is 239 g/mol. The van der Waals surface area contributed by atoms with Crippen LogP contribution in [-0.2, 0) is 10.2 Å². The number of carbonyl (C=O) groups is 1. The summed E-state index contributed by atoms with van der Waals surface area (Å²) in [6, 6.07) is 3.88. The van der Waals surface area contributed by atoms with Gasteiger partial charge in [0.2, 0.25) is 0 Å². The third kappa shape index (κ3) is 1.87. The molecule has 0 aliphatic carbocycles. The van der Waals surface area contributed by atoms with Crippen LogP contribution in [0.5, 0.6) is 0 Å². The molecule has 1 aliphatic rings. The molecule has 3 nitrogen and oxygen atoms in total. The second kappa shape index (κ2) is 4.55. The average Bonchev–Trinajstić information content (AvgIpc) is 2.82. The summed E-state index contributed by atoms with van der Waals surface area (Å²) >= 11 is 1.55. The minimum Gasteiger partial charge on any atom is -0.481 e. The van der Waals surface area contributed by atoms with E-state index < -0.39 is 11.4 Å². The number of carboxylic acids is 1. The van der Waals surface area contributed by atoms with Gasteiger partial charge in [0.05, 0.1) is 0 Å². The summed E-state index contributed by atoms with van der Waals surface area (Å²) in [4.78, 5) is 12.6. The highest BCUT2D eigenvalue weighted by Gasteiger charge is 2.43. The quantitative estimate of drug-likeness (QED) is 0.849. The zero-order chi connectivity index (χ0) is 11.6. The highest BCUT2D eigenvalue weighted by molar-refractivity contribution is 7.10. The molecule has 0 amide bonds. The lowest BCUT2D eigenvalue weighted by atomic mass is 9.71. The molecule has 16 heavy (non-hydrogen) atoms. The molecule has 1 fully saturated rings. The normalized spacial score (nSPS) is 21.6. The standard InChI is InChI=1S/C12H17NO2S/c1-12(11(14)15,10-3-2-8-16-10)9-4-6-13-7-5-9/h2-3,8-9,13H,4-7H2,1H3,(H,14,15). The average molecular weight is 239 g/mol. The number of piperidine rings is 1. The Morgan fingerprint density at radius 1 is 1.56 bits per heavy atom. The van der Waals surface area contributed by atoms with Crippen LogP contribution in [0.25, 0.3) is 0 Å². The molecule has 0 spiro atoms. The van der Waals surface area contributed by atoms with Crippen molar-refractivity contribution in [2.45, 2.75) is 25.2 Å². The molecule has 1 atom stereocenters. The molecule has 1 unspecified atom stereocenters. The fourth-order valence-corrected chi connectivity index (χ4v) is 3.41. The number of carboxylic acid groups (broad SMARTS) is 1. The van der Waals surface area contributed by atoms with Crippen LogP contribution in [0.1, 0.15) is 24.6 Å². The lowest BCUT2D eigenvalue weighted by Crippen LogP contribution is -2.44. The maximum atomic E-state index is 11.6. The van der Waals surface area contributed by atoms with Gasteiger partial charge < -0.3 is 10.4 Å². The summed E-state index contributed by atoms with van der Waals surface area (Å²) in [6.45, 7) is 3.73. The largest absolute Gasteiger partial charge is 0.481 e. The van der Waals surface area contributed by atoms with Crippen LogP contribution in [-0.4, -0.2) is 24.2 Å². The first-order chi connectivity index (χ1) is 7.65. The van der Waals surface area contributed by atoms with Crippen LogP contribution in [0.4, 0.5) is 0 Å². The van der Waals surface area contributed by atoms with Crippen LogP contribution in [0.3, 0.4) is 0 Å². The Labute approximate surface area is 99.5 Å². The maximum Gasteiger partial charge on any atom is 0.314 e. The van der Waals surface area contributed by atoms with Gasteiger partial charge in [0, 0.05) is 4.88 Å². The van der Waals surface area contributed by atoms with E-state index in [1.165, 1.54) is 0 Å². The van der Waals surface area contributed by atoms with Crippen molar-refractivity contribution in [1.29, 1.82) is 0 Å². The summed E-state index contributed by atoms with van der Waals surface area (Å²) < 4.78 is 0. The lowest BCUT2D eigenvalue weighted by Gasteiger charge is -2.36. The van der Waals surface area contributed by atoms with Gasteiger partial charge in [0.25, 0.3) is 0 Å². The van der Waals surface area contributed by atoms with Crippen molar-refractivity contribution in [2.75, 3.05) is 13.1 Å². The SMILES string of the molecule is CC(C(=O)O)(c1cccs1)C1CCNCC1. The molecule has 4 heteroatoms. The van der Waals surface area contributed by atoms with Crippen LogP contribution in [0.2, 0.25) is 0 Å². The van der Waals surface area contributed by atoms with Gasteiger partial charge >= 0.3 is 5.97 Å². The first-order valence-corrected chi connectivity index (χ1v) is 6.51. The minimum absolute atomic E-state index is 0.241. The van der Waals surface area contributed by atoms with Crippen LogP contribution < -0.4 is 5.32 Å². The van der Waals surface area contributed by atoms with Gasteiger partial charge in [0.15, 0.2) is 0 Å². The molecule has 1 saturated heterocycles. The van der Waals surface area contributed by atoms with E-state index in [9.17, 15) is 9.90 Å². The molecule has 1 aromatic rings. The number of rotatable bonds is 3. The van der Waals surface area contributed by atoms with Gasteiger partial charge in [-0.25, -0.2) is 0 Å². The van der Waals surface area contributed by atoms with Crippen molar-refractivity contribution in [1.82, 2.24) is 5.32 Å². The molecule has 0 bridgehead atoms. The van der Waals surface area contributed by atoms with E-state index in [1.54, 1.807) is 11.3 Å². The Morgan fingerprint density at radius 3 is 2.75 bits per heavy atom. The van der Waals surface area contributed by atoms with Crippen molar-refractivity contribution in [3.8, 4) is 0 Å². The van der Waals surface area contributed by atoms with Crippen molar-refractivity contribution in [3.63, 3.8) is 0 Å². The summed E-state index contributed by atoms with van der Waals surface area (Å²) in [5.41, 5.74) is -0.712. The van der Waals surface area contributed by atoms with Gasteiger partial charge in [0.1, 0.15) is 5.41 Å². The van der Waals surface area contributed by atoms with Crippen molar-refractivity contribution in [2.24, 2.45) is 5.92 Å². The van der Waals surface area contributed by atoms with Gasteiger partial charge in [-0.15, -0.1) is 11.3 Å². The molecule has 1 aromatic heterocycles. The van der Waals surface area contributed by atoms with E-state index in [1.807, 2.05) is 24.4 Å². The van der Waals surface area contributed by atoms with E-state index in [-0.39, 0.29) is 5.92 Å². The van der Waals surface area contributed by atoms with E-state index in [0.717, 1.165) is 30.8 Å². The van der Waals surface area contributed by atoms with Crippen molar-refractivity contribution in [3.05, 3.63) is 22.4 Å².